The van der Waals surface area contributed by atoms with E-state index in [4.69, 9.17) is 21.6 Å². The smallest absolute Gasteiger partial charge is 0.143 e. The van der Waals surface area contributed by atoms with Crippen LogP contribution >= 0.6 is 11.6 Å². The van der Waals surface area contributed by atoms with E-state index in [1.807, 2.05) is 6.07 Å². The van der Waals surface area contributed by atoms with Crippen LogP contribution in [-0.2, 0) is 13.2 Å². The van der Waals surface area contributed by atoms with Crippen molar-refractivity contribution in [2.75, 3.05) is 0 Å². The molecule has 1 N–H and O–H groups in total. The molecule has 3 nitrogen and oxygen atoms in total. The van der Waals surface area contributed by atoms with Gasteiger partial charge in [0, 0.05) is 5.56 Å². The Morgan fingerprint density at radius 3 is 2.74 bits per heavy atom. The summed E-state index contributed by atoms with van der Waals surface area (Å²) in [7, 11) is 0. The first-order valence-electron chi connectivity index (χ1n) is 5.74. The highest BCUT2D eigenvalue weighted by Gasteiger charge is 2.08. The second-order valence-corrected chi connectivity index (χ2v) is 4.39. The molecule has 0 bridgehead atoms. The summed E-state index contributed by atoms with van der Waals surface area (Å²) in [6.07, 6.45) is 0. The molecule has 0 radical (unpaired) electrons. The fourth-order valence-electron chi connectivity index (χ4n) is 1.73. The number of halogens is 1. The van der Waals surface area contributed by atoms with E-state index in [1.54, 1.807) is 36.4 Å². The predicted octanol–water partition coefficient (Wildman–Crippen LogP) is 3.28. The van der Waals surface area contributed by atoms with Crippen LogP contribution in [0.4, 0.5) is 0 Å². The van der Waals surface area contributed by atoms with Gasteiger partial charge in [-0.15, -0.1) is 0 Å². The van der Waals surface area contributed by atoms with Gasteiger partial charge in [0.15, 0.2) is 0 Å². The maximum atomic E-state index is 9.24. The van der Waals surface area contributed by atoms with Crippen molar-refractivity contribution >= 4 is 11.6 Å². The minimum absolute atomic E-state index is 0.131. The Morgan fingerprint density at radius 2 is 2.00 bits per heavy atom. The minimum atomic E-state index is -0.131. The third kappa shape index (κ3) is 3.25. The molecule has 0 aromatic heterocycles. The SMILES string of the molecule is N#Cc1cccc(COc2c(Cl)cccc2CO)c1. The Bertz CT molecular complexity index is 620. The Balaban J connectivity index is 2.17. The number of para-hydroxylation sites is 1. The van der Waals surface area contributed by atoms with E-state index in [-0.39, 0.29) is 6.61 Å². The molecule has 2 aromatic rings. The predicted molar refractivity (Wildman–Crippen MR) is 72.9 cm³/mol. The topological polar surface area (TPSA) is 53.2 Å². The van der Waals surface area contributed by atoms with Gasteiger partial charge in [-0.1, -0.05) is 35.9 Å². The maximum absolute atomic E-state index is 9.24. The normalized spacial score (nSPS) is 9.95. The number of rotatable bonds is 4. The van der Waals surface area contributed by atoms with Gasteiger partial charge in [-0.3, -0.25) is 0 Å². The van der Waals surface area contributed by atoms with Crippen molar-refractivity contribution in [2.45, 2.75) is 13.2 Å². The van der Waals surface area contributed by atoms with Crippen molar-refractivity contribution < 1.29 is 9.84 Å². The summed E-state index contributed by atoms with van der Waals surface area (Å²) in [5, 5.41) is 18.5. The first-order valence-corrected chi connectivity index (χ1v) is 6.12. The van der Waals surface area contributed by atoms with Crippen molar-refractivity contribution in [3.05, 3.63) is 64.2 Å². The standard InChI is InChI=1S/C15H12ClNO2/c16-14-6-2-5-13(9-18)15(14)19-10-12-4-1-3-11(7-12)8-17/h1-7,18H,9-10H2. The van der Waals surface area contributed by atoms with Crippen LogP contribution in [0, 0.1) is 11.3 Å². The molecule has 0 heterocycles. The van der Waals surface area contributed by atoms with Gasteiger partial charge >= 0.3 is 0 Å². The number of aliphatic hydroxyl groups is 1. The average Bonchev–Trinajstić information content (AvgIpc) is 2.46. The molecule has 96 valence electrons. The Hall–Kier alpha value is -2.02. The third-order valence-corrected chi connectivity index (χ3v) is 2.96. The molecule has 0 saturated heterocycles. The van der Waals surface area contributed by atoms with Crippen LogP contribution in [0.3, 0.4) is 0 Å². The average molecular weight is 274 g/mol. The molecule has 2 rings (SSSR count). The van der Waals surface area contributed by atoms with Gasteiger partial charge in [0.2, 0.25) is 0 Å². The number of ether oxygens (including phenoxy) is 1. The minimum Gasteiger partial charge on any atom is -0.487 e. The first-order chi connectivity index (χ1) is 9.24. The van der Waals surface area contributed by atoms with Crippen LogP contribution in [0.15, 0.2) is 42.5 Å². The molecule has 0 aliphatic carbocycles. The molecule has 4 heteroatoms. The lowest BCUT2D eigenvalue weighted by atomic mass is 10.1. The second kappa shape index (κ2) is 6.24. The molecule has 0 atom stereocenters. The maximum Gasteiger partial charge on any atom is 0.143 e. The van der Waals surface area contributed by atoms with Crippen molar-refractivity contribution in [2.24, 2.45) is 0 Å². The summed E-state index contributed by atoms with van der Waals surface area (Å²) in [6.45, 7) is 0.167. The van der Waals surface area contributed by atoms with E-state index in [9.17, 15) is 5.11 Å². The summed E-state index contributed by atoms with van der Waals surface area (Å²) in [4.78, 5) is 0. The van der Waals surface area contributed by atoms with E-state index in [0.29, 0.717) is 28.5 Å². The Morgan fingerprint density at radius 1 is 1.21 bits per heavy atom. The largest absolute Gasteiger partial charge is 0.487 e. The first kappa shape index (κ1) is 13.4. The van der Waals surface area contributed by atoms with Gasteiger partial charge in [0.05, 0.1) is 23.3 Å². The van der Waals surface area contributed by atoms with Crippen molar-refractivity contribution in [3.8, 4) is 11.8 Å². The van der Waals surface area contributed by atoms with Gasteiger partial charge in [-0.25, -0.2) is 0 Å². The fourth-order valence-corrected chi connectivity index (χ4v) is 1.97. The number of nitrogens with zero attached hydrogens (tertiary/aromatic N) is 1. The fraction of sp³-hybridized carbons (Fsp3) is 0.133. The molecule has 0 aliphatic rings. The van der Waals surface area contributed by atoms with E-state index in [0.717, 1.165) is 5.56 Å². The number of nitriles is 1. The molecule has 0 amide bonds. The number of benzene rings is 2. The zero-order valence-corrected chi connectivity index (χ0v) is 10.9. The highest BCUT2D eigenvalue weighted by atomic mass is 35.5. The summed E-state index contributed by atoms with van der Waals surface area (Å²) < 4.78 is 5.64. The molecule has 0 saturated carbocycles. The lowest BCUT2D eigenvalue weighted by Gasteiger charge is -2.11. The summed E-state index contributed by atoms with van der Waals surface area (Å²) in [6, 6.07) is 14.5. The summed E-state index contributed by atoms with van der Waals surface area (Å²) in [5.41, 5.74) is 2.11. The van der Waals surface area contributed by atoms with E-state index >= 15 is 0 Å². The van der Waals surface area contributed by atoms with Crippen LogP contribution in [0.1, 0.15) is 16.7 Å². The van der Waals surface area contributed by atoms with E-state index in [2.05, 4.69) is 6.07 Å². The van der Waals surface area contributed by atoms with Gasteiger partial charge in [-0.2, -0.15) is 5.26 Å². The molecular formula is C15H12ClNO2. The van der Waals surface area contributed by atoms with Crippen molar-refractivity contribution in [3.63, 3.8) is 0 Å². The molecule has 0 fully saturated rings. The van der Waals surface area contributed by atoms with Crippen LogP contribution in [0.25, 0.3) is 0 Å². The van der Waals surface area contributed by atoms with Gasteiger partial charge in [0.25, 0.3) is 0 Å². The molecule has 2 aromatic carbocycles. The molecule has 19 heavy (non-hydrogen) atoms. The molecule has 0 aliphatic heterocycles. The van der Waals surface area contributed by atoms with E-state index < -0.39 is 0 Å². The lowest BCUT2D eigenvalue weighted by Crippen LogP contribution is -1.99. The summed E-state index contributed by atoms with van der Waals surface area (Å²) >= 11 is 6.04. The third-order valence-electron chi connectivity index (χ3n) is 2.66. The zero-order valence-electron chi connectivity index (χ0n) is 10.1. The number of hydrogen-bond acceptors (Lipinski definition) is 3. The van der Waals surface area contributed by atoms with Crippen LogP contribution in [-0.4, -0.2) is 5.11 Å². The Labute approximate surface area is 116 Å². The molecule has 0 spiro atoms. The highest BCUT2D eigenvalue weighted by Crippen LogP contribution is 2.29. The van der Waals surface area contributed by atoms with Gasteiger partial charge in [0.1, 0.15) is 12.4 Å². The Kier molecular flexibility index (Phi) is 4.40. The quantitative estimate of drug-likeness (QED) is 0.930. The number of aliphatic hydroxyl groups excluding tert-OH is 1. The van der Waals surface area contributed by atoms with Crippen molar-refractivity contribution in [1.29, 1.82) is 5.26 Å². The van der Waals surface area contributed by atoms with Gasteiger partial charge < -0.3 is 9.84 Å². The molecule has 0 unspecified atom stereocenters. The van der Waals surface area contributed by atoms with Gasteiger partial charge in [-0.05, 0) is 23.8 Å². The van der Waals surface area contributed by atoms with Crippen LogP contribution < -0.4 is 4.74 Å². The summed E-state index contributed by atoms with van der Waals surface area (Å²) in [5.74, 6) is 0.481. The number of hydrogen-bond donors (Lipinski definition) is 1. The van der Waals surface area contributed by atoms with E-state index in [1.165, 1.54) is 0 Å². The van der Waals surface area contributed by atoms with Crippen LogP contribution in [0.5, 0.6) is 5.75 Å². The molecular weight excluding hydrogens is 262 g/mol. The van der Waals surface area contributed by atoms with Crippen LogP contribution in [0.2, 0.25) is 5.02 Å². The van der Waals surface area contributed by atoms with Crippen molar-refractivity contribution in [1.82, 2.24) is 0 Å². The lowest BCUT2D eigenvalue weighted by molar-refractivity contribution is 0.259. The monoisotopic (exact) mass is 273 g/mol. The highest BCUT2D eigenvalue weighted by molar-refractivity contribution is 6.32. The zero-order chi connectivity index (χ0) is 13.7. The second-order valence-electron chi connectivity index (χ2n) is 3.99.